The second kappa shape index (κ2) is 8.39. The van der Waals surface area contributed by atoms with Gasteiger partial charge in [-0.2, -0.15) is 0 Å². The standard InChI is InChI=1S/C20H18ClIN2O3/c1-13(25)23(10-9-14-3-2-4-15(21)11-14)18-12-19(26)24(20(18)27)17-7-5-16(22)6-8-17/h2-8,11,18H,9-10,12H2,1H3. The van der Waals surface area contributed by atoms with Crippen molar-refractivity contribution >= 4 is 57.6 Å². The number of hydrogen-bond donors (Lipinski definition) is 0. The molecule has 1 unspecified atom stereocenters. The van der Waals surface area contributed by atoms with Crippen LogP contribution >= 0.6 is 34.2 Å². The number of anilines is 1. The SMILES string of the molecule is CC(=O)N(CCc1cccc(Cl)c1)C1CC(=O)N(c2ccc(I)cc2)C1=O. The van der Waals surface area contributed by atoms with E-state index in [4.69, 9.17) is 11.6 Å². The summed E-state index contributed by atoms with van der Waals surface area (Å²) in [6.45, 7) is 1.77. The summed E-state index contributed by atoms with van der Waals surface area (Å²) < 4.78 is 1.01. The molecule has 0 N–H and O–H groups in total. The fourth-order valence-electron chi connectivity index (χ4n) is 3.20. The molecule has 2 aromatic rings. The van der Waals surface area contributed by atoms with Crippen molar-refractivity contribution in [3.05, 3.63) is 62.7 Å². The minimum atomic E-state index is -0.770. The van der Waals surface area contributed by atoms with Gasteiger partial charge in [0.05, 0.1) is 12.1 Å². The molecule has 140 valence electrons. The van der Waals surface area contributed by atoms with E-state index in [-0.39, 0.29) is 24.1 Å². The number of hydrogen-bond acceptors (Lipinski definition) is 3. The van der Waals surface area contributed by atoms with Crippen LogP contribution in [0.3, 0.4) is 0 Å². The van der Waals surface area contributed by atoms with Gasteiger partial charge in [0, 0.05) is 22.1 Å². The maximum Gasteiger partial charge on any atom is 0.257 e. The predicted octanol–water partition coefficient (Wildman–Crippen LogP) is 3.67. The summed E-state index contributed by atoms with van der Waals surface area (Å²) in [6, 6.07) is 13.8. The molecule has 27 heavy (non-hydrogen) atoms. The average Bonchev–Trinajstić information content (AvgIpc) is 2.90. The molecule has 0 bridgehead atoms. The molecule has 0 spiro atoms. The Balaban J connectivity index is 1.77. The van der Waals surface area contributed by atoms with Gasteiger partial charge >= 0.3 is 0 Å². The van der Waals surface area contributed by atoms with Crippen LogP contribution in [0.15, 0.2) is 48.5 Å². The first-order chi connectivity index (χ1) is 12.9. The Kier molecular flexibility index (Phi) is 6.16. The Hall–Kier alpha value is -1.93. The molecular formula is C20H18ClIN2O3. The summed E-state index contributed by atoms with van der Waals surface area (Å²) in [5.74, 6) is -0.879. The van der Waals surface area contributed by atoms with Crippen LogP contribution in [0.25, 0.3) is 0 Å². The maximum absolute atomic E-state index is 12.9. The molecule has 1 fully saturated rings. The maximum atomic E-state index is 12.9. The number of benzene rings is 2. The fourth-order valence-corrected chi connectivity index (χ4v) is 3.77. The topological polar surface area (TPSA) is 57.7 Å². The number of halogens is 2. The van der Waals surface area contributed by atoms with Gasteiger partial charge < -0.3 is 4.90 Å². The molecular weight excluding hydrogens is 479 g/mol. The molecule has 3 rings (SSSR count). The smallest absolute Gasteiger partial charge is 0.257 e. The Morgan fingerprint density at radius 2 is 1.93 bits per heavy atom. The van der Waals surface area contributed by atoms with Crippen LogP contribution in [-0.4, -0.2) is 35.2 Å². The van der Waals surface area contributed by atoms with Crippen LogP contribution in [0, 0.1) is 3.57 Å². The van der Waals surface area contributed by atoms with Crippen LogP contribution in [0.2, 0.25) is 5.02 Å². The molecule has 0 aliphatic carbocycles. The first-order valence-corrected chi connectivity index (χ1v) is 9.96. The van der Waals surface area contributed by atoms with Crippen molar-refractivity contribution < 1.29 is 14.4 Å². The lowest BCUT2D eigenvalue weighted by atomic mass is 10.1. The Morgan fingerprint density at radius 3 is 2.56 bits per heavy atom. The highest BCUT2D eigenvalue weighted by Gasteiger charge is 2.43. The van der Waals surface area contributed by atoms with Crippen LogP contribution in [-0.2, 0) is 20.8 Å². The third kappa shape index (κ3) is 4.50. The van der Waals surface area contributed by atoms with Gasteiger partial charge in [0.25, 0.3) is 5.91 Å². The zero-order chi connectivity index (χ0) is 19.6. The number of rotatable bonds is 5. The van der Waals surface area contributed by atoms with Crippen molar-refractivity contribution in [2.24, 2.45) is 0 Å². The highest BCUT2D eigenvalue weighted by atomic mass is 127. The fraction of sp³-hybridized carbons (Fsp3) is 0.250. The molecule has 1 aliphatic rings. The van der Waals surface area contributed by atoms with Gasteiger partial charge in [0.1, 0.15) is 6.04 Å². The van der Waals surface area contributed by atoms with Crippen molar-refractivity contribution in [2.45, 2.75) is 25.8 Å². The second-order valence-corrected chi connectivity index (χ2v) is 8.04. The number of carbonyl (C=O) groups excluding carboxylic acids is 3. The lowest BCUT2D eigenvalue weighted by molar-refractivity contribution is -0.136. The third-order valence-electron chi connectivity index (χ3n) is 4.52. The van der Waals surface area contributed by atoms with Crippen LogP contribution in [0.5, 0.6) is 0 Å². The highest BCUT2D eigenvalue weighted by molar-refractivity contribution is 14.1. The van der Waals surface area contributed by atoms with E-state index in [1.807, 2.05) is 30.3 Å². The largest absolute Gasteiger partial charge is 0.330 e. The Morgan fingerprint density at radius 1 is 1.22 bits per heavy atom. The summed E-state index contributed by atoms with van der Waals surface area (Å²) >= 11 is 8.17. The van der Waals surface area contributed by atoms with Gasteiger partial charge in [-0.05, 0) is 71.0 Å². The van der Waals surface area contributed by atoms with Crippen LogP contribution in [0.1, 0.15) is 18.9 Å². The summed E-state index contributed by atoms with van der Waals surface area (Å²) in [6.07, 6.45) is 0.557. The summed E-state index contributed by atoms with van der Waals surface area (Å²) in [4.78, 5) is 40.2. The zero-order valence-electron chi connectivity index (χ0n) is 14.7. The van der Waals surface area contributed by atoms with Crippen molar-refractivity contribution in [3.63, 3.8) is 0 Å². The average molecular weight is 497 g/mol. The molecule has 1 atom stereocenters. The first-order valence-electron chi connectivity index (χ1n) is 8.51. The third-order valence-corrected chi connectivity index (χ3v) is 5.47. The van der Waals surface area contributed by atoms with E-state index in [2.05, 4.69) is 22.6 Å². The molecule has 0 radical (unpaired) electrons. The molecule has 1 heterocycles. The molecule has 3 amide bonds. The van der Waals surface area contributed by atoms with Gasteiger partial charge in [0.2, 0.25) is 11.8 Å². The molecule has 1 aliphatic heterocycles. The van der Waals surface area contributed by atoms with Crippen molar-refractivity contribution in [1.82, 2.24) is 4.90 Å². The quantitative estimate of drug-likeness (QED) is 0.469. The molecule has 0 aromatic heterocycles. The molecule has 1 saturated heterocycles. The van der Waals surface area contributed by atoms with Gasteiger partial charge in [-0.1, -0.05) is 23.7 Å². The summed E-state index contributed by atoms with van der Waals surface area (Å²) in [7, 11) is 0. The Labute approximate surface area is 176 Å². The first kappa shape index (κ1) is 19.8. The summed E-state index contributed by atoms with van der Waals surface area (Å²) in [5, 5.41) is 0.624. The zero-order valence-corrected chi connectivity index (χ0v) is 17.6. The van der Waals surface area contributed by atoms with Crippen molar-refractivity contribution in [1.29, 1.82) is 0 Å². The Bertz CT molecular complexity index is 885. The second-order valence-electron chi connectivity index (χ2n) is 6.36. The summed E-state index contributed by atoms with van der Waals surface area (Å²) in [5.41, 5.74) is 1.51. The van der Waals surface area contributed by atoms with E-state index in [1.54, 1.807) is 18.2 Å². The van der Waals surface area contributed by atoms with E-state index in [0.29, 0.717) is 23.7 Å². The number of amides is 3. The van der Waals surface area contributed by atoms with E-state index < -0.39 is 6.04 Å². The predicted molar refractivity (Wildman–Crippen MR) is 113 cm³/mol. The van der Waals surface area contributed by atoms with Crippen LogP contribution in [0.4, 0.5) is 5.69 Å². The van der Waals surface area contributed by atoms with Crippen LogP contribution < -0.4 is 4.90 Å². The van der Waals surface area contributed by atoms with E-state index in [9.17, 15) is 14.4 Å². The van der Waals surface area contributed by atoms with Gasteiger partial charge in [-0.3, -0.25) is 14.4 Å². The highest BCUT2D eigenvalue weighted by Crippen LogP contribution is 2.26. The molecule has 5 nitrogen and oxygen atoms in total. The van der Waals surface area contributed by atoms with E-state index >= 15 is 0 Å². The molecule has 0 saturated carbocycles. The molecule has 7 heteroatoms. The minimum Gasteiger partial charge on any atom is -0.330 e. The lowest BCUT2D eigenvalue weighted by Crippen LogP contribution is -2.45. The number of nitrogens with zero attached hydrogens (tertiary/aromatic N) is 2. The van der Waals surface area contributed by atoms with Gasteiger partial charge in [-0.25, -0.2) is 4.90 Å². The van der Waals surface area contributed by atoms with Crippen molar-refractivity contribution in [2.75, 3.05) is 11.4 Å². The van der Waals surface area contributed by atoms with Gasteiger partial charge in [0.15, 0.2) is 0 Å². The van der Waals surface area contributed by atoms with E-state index in [1.165, 1.54) is 16.7 Å². The monoisotopic (exact) mass is 496 g/mol. The normalized spacial score (nSPS) is 16.7. The lowest BCUT2D eigenvalue weighted by Gasteiger charge is -2.26. The van der Waals surface area contributed by atoms with Gasteiger partial charge in [-0.15, -0.1) is 0 Å². The minimum absolute atomic E-state index is 0.0000540. The number of imide groups is 1. The van der Waals surface area contributed by atoms with E-state index in [0.717, 1.165) is 9.13 Å². The van der Waals surface area contributed by atoms with Crippen molar-refractivity contribution in [3.8, 4) is 0 Å². The molecule has 2 aromatic carbocycles. The number of carbonyl (C=O) groups is 3.